The number of rotatable bonds is 6. The van der Waals surface area contributed by atoms with Gasteiger partial charge in [0.15, 0.2) is 0 Å². The monoisotopic (exact) mass is 290 g/mol. The summed E-state index contributed by atoms with van der Waals surface area (Å²) in [5, 5.41) is 3.56. The topological polar surface area (TPSA) is 24.5 Å². The fraction of sp³-hybridized carbons (Fsp3) is 0.667. The second-order valence-corrected chi connectivity index (χ2v) is 6.13. The summed E-state index contributed by atoms with van der Waals surface area (Å²) in [6.07, 6.45) is 2.22. The van der Waals surface area contributed by atoms with Gasteiger partial charge in [-0.05, 0) is 37.9 Å². The SMILES string of the molecule is CCc1ccc(C(NC)C(C)(CC)N2CCOCC2)cc1. The van der Waals surface area contributed by atoms with Gasteiger partial charge < -0.3 is 10.1 Å². The van der Waals surface area contributed by atoms with Gasteiger partial charge in [0, 0.05) is 18.6 Å². The van der Waals surface area contributed by atoms with Crippen LogP contribution in [0.25, 0.3) is 0 Å². The first-order chi connectivity index (χ1) is 10.2. The number of ether oxygens (including phenoxy) is 1. The van der Waals surface area contributed by atoms with Crippen LogP contribution >= 0.6 is 0 Å². The number of hydrogen-bond donors (Lipinski definition) is 1. The van der Waals surface area contributed by atoms with Crippen LogP contribution in [0.2, 0.25) is 0 Å². The molecule has 2 atom stereocenters. The van der Waals surface area contributed by atoms with Gasteiger partial charge in [-0.3, -0.25) is 4.90 Å². The van der Waals surface area contributed by atoms with Crippen LogP contribution in [0.1, 0.15) is 44.4 Å². The molecule has 0 aliphatic carbocycles. The predicted octanol–water partition coefficient (Wildman–Crippen LogP) is 3.01. The summed E-state index contributed by atoms with van der Waals surface area (Å²) in [6.45, 7) is 10.6. The number of aryl methyl sites for hydroxylation is 1. The zero-order chi connectivity index (χ0) is 15.3. The van der Waals surface area contributed by atoms with Gasteiger partial charge in [-0.1, -0.05) is 38.1 Å². The summed E-state index contributed by atoms with van der Waals surface area (Å²) in [6, 6.07) is 9.43. The molecule has 2 unspecified atom stereocenters. The highest BCUT2D eigenvalue weighted by atomic mass is 16.5. The Morgan fingerprint density at radius 3 is 2.29 bits per heavy atom. The van der Waals surface area contributed by atoms with Crippen molar-refractivity contribution in [2.45, 2.75) is 45.2 Å². The minimum Gasteiger partial charge on any atom is -0.379 e. The lowest BCUT2D eigenvalue weighted by atomic mass is 9.82. The summed E-state index contributed by atoms with van der Waals surface area (Å²) >= 11 is 0. The molecule has 1 saturated heterocycles. The second-order valence-electron chi connectivity index (χ2n) is 6.13. The van der Waals surface area contributed by atoms with Crippen molar-refractivity contribution in [2.24, 2.45) is 0 Å². The zero-order valence-corrected chi connectivity index (χ0v) is 14.0. The van der Waals surface area contributed by atoms with Gasteiger partial charge in [0.25, 0.3) is 0 Å². The van der Waals surface area contributed by atoms with Crippen LogP contribution in [-0.4, -0.2) is 43.8 Å². The van der Waals surface area contributed by atoms with E-state index in [2.05, 4.69) is 62.3 Å². The lowest BCUT2D eigenvalue weighted by Crippen LogP contribution is -2.57. The van der Waals surface area contributed by atoms with Gasteiger partial charge in [-0.25, -0.2) is 0 Å². The summed E-state index contributed by atoms with van der Waals surface area (Å²) in [7, 11) is 2.08. The van der Waals surface area contributed by atoms with Crippen molar-refractivity contribution in [3.8, 4) is 0 Å². The summed E-state index contributed by atoms with van der Waals surface area (Å²) in [5.74, 6) is 0. The molecular formula is C18H30N2O. The van der Waals surface area contributed by atoms with Crippen LogP contribution in [0.15, 0.2) is 24.3 Å². The molecule has 1 aliphatic heterocycles. The maximum atomic E-state index is 5.53. The van der Waals surface area contributed by atoms with Crippen LogP contribution in [0.4, 0.5) is 0 Å². The van der Waals surface area contributed by atoms with Crippen molar-refractivity contribution in [1.82, 2.24) is 10.2 Å². The van der Waals surface area contributed by atoms with E-state index in [-0.39, 0.29) is 5.54 Å². The van der Waals surface area contributed by atoms with Gasteiger partial charge >= 0.3 is 0 Å². The van der Waals surface area contributed by atoms with Gasteiger partial charge in [0.1, 0.15) is 0 Å². The van der Waals surface area contributed by atoms with Crippen molar-refractivity contribution >= 4 is 0 Å². The molecule has 0 amide bonds. The highest BCUT2D eigenvalue weighted by molar-refractivity contribution is 5.27. The number of benzene rings is 1. The molecule has 0 spiro atoms. The number of hydrogen-bond acceptors (Lipinski definition) is 3. The Bertz CT molecular complexity index is 425. The molecule has 3 heteroatoms. The molecular weight excluding hydrogens is 260 g/mol. The van der Waals surface area contributed by atoms with Crippen molar-refractivity contribution in [3.05, 3.63) is 35.4 Å². The fourth-order valence-corrected chi connectivity index (χ4v) is 3.47. The first-order valence-electron chi connectivity index (χ1n) is 8.24. The van der Waals surface area contributed by atoms with Crippen LogP contribution in [0.3, 0.4) is 0 Å². The highest BCUT2D eigenvalue weighted by Gasteiger charge is 2.38. The van der Waals surface area contributed by atoms with Crippen molar-refractivity contribution in [1.29, 1.82) is 0 Å². The molecule has 1 heterocycles. The number of nitrogens with zero attached hydrogens (tertiary/aromatic N) is 1. The molecule has 0 radical (unpaired) electrons. The van der Waals surface area contributed by atoms with E-state index in [4.69, 9.17) is 4.74 Å². The maximum Gasteiger partial charge on any atom is 0.0594 e. The minimum atomic E-state index is 0.117. The lowest BCUT2D eigenvalue weighted by Gasteiger charge is -2.48. The van der Waals surface area contributed by atoms with E-state index in [0.29, 0.717) is 6.04 Å². The molecule has 1 aliphatic rings. The molecule has 1 aromatic carbocycles. The van der Waals surface area contributed by atoms with E-state index >= 15 is 0 Å². The van der Waals surface area contributed by atoms with Crippen molar-refractivity contribution in [3.63, 3.8) is 0 Å². The normalized spacial score (nSPS) is 21.0. The quantitative estimate of drug-likeness (QED) is 0.871. The van der Waals surface area contributed by atoms with Gasteiger partial charge in [0.2, 0.25) is 0 Å². The maximum absolute atomic E-state index is 5.53. The molecule has 0 bridgehead atoms. The fourth-order valence-electron chi connectivity index (χ4n) is 3.47. The Morgan fingerprint density at radius 2 is 1.81 bits per heavy atom. The zero-order valence-electron chi connectivity index (χ0n) is 14.0. The average molecular weight is 290 g/mol. The third kappa shape index (κ3) is 3.47. The Morgan fingerprint density at radius 1 is 1.19 bits per heavy atom. The van der Waals surface area contributed by atoms with E-state index < -0.39 is 0 Å². The molecule has 118 valence electrons. The van der Waals surface area contributed by atoms with E-state index in [1.165, 1.54) is 11.1 Å². The van der Waals surface area contributed by atoms with E-state index in [0.717, 1.165) is 39.1 Å². The Hall–Kier alpha value is -0.900. The molecule has 1 N–H and O–H groups in total. The highest BCUT2D eigenvalue weighted by Crippen LogP contribution is 2.34. The number of likely N-dealkylation sites (N-methyl/N-ethyl adjacent to an activating group) is 1. The van der Waals surface area contributed by atoms with E-state index in [9.17, 15) is 0 Å². The van der Waals surface area contributed by atoms with Gasteiger partial charge in [0.05, 0.1) is 19.3 Å². The van der Waals surface area contributed by atoms with Crippen molar-refractivity contribution < 1.29 is 4.74 Å². The first kappa shape index (κ1) is 16.5. The molecule has 2 rings (SSSR count). The Balaban J connectivity index is 2.26. The van der Waals surface area contributed by atoms with E-state index in [1.807, 2.05) is 0 Å². The van der Waals surface area contributed by atoms with E-state index in [1.54, 1.807) is 0 Å². The molecule has 1 aromatic rings. The predicted molar refractivity (Wildman–Crippen MR) is 88.7 cm³/mol. The largest absolute Gasteiger partial charge is 0.379 e. The number of morpholine rings is 1. The van der Waals surface area contributed by atoms with Crippen LogP contribution < -0.4 is 5.32 Å². The lowest BCUT2D eigenvalue weighted by molar-refractivity contribution is -0.0319. The smallest absolute Gasteiger partial charge is 0.0594 e. The minimum absolute atomic E-state index is 0.117. The Kier molecular flexibility index (Phi) is 5.80. The molecule has 21 heavy (non-hydrogen) atoms. The third-order valence-corrected chi connectivity index (χ3v) is 5.08. The standard InChI is InChI=1S/C18H30N2O/c1-5-15-7-9-16(10-8-15)17(19-4)18(3,6-2)20-11-13-21-14-12-20/h7-10,17,19H,5-6,11-14H2,1-4H3. The van der Waals surface area contributed by atoms with Crippen LogP contribution in [0, 0.1) is 0 Å². The van der Waals surface area contributed by atoms with Crippen molar-refractivity contribution in [2.75, 3.05) is 33.4 Å². The molecule has 0 aromatic heterocycles. The van der Waals surface area contributed by atoms with Gasteiger partial charge in [-0.15, -0.1) is 0 Å². The van der Waals surface area contributed by atoms with Crippen LogP contribution in [0.5, 0.6) is 0 Å². The second kappa shape index (κ2) is 7.39. The van der Waals surface area contributed by atoms with Crippen LogP contribution in [-0.2, 0) is 11.2 Å². The van der Waals surface area contributed by atoms with Gasteiger partial charge in [-0.2, -0.15) is 0 Å². The summed E-state index contributed by atoms with van der Waals surface area (Å²) < 4.78 is 5.53. The molecule has 3 nitrogen and oxygen atoms in total. The Labute approximate surface area is 129 Å². The third-order valence-electron chi connectivity index (χ3n) is 5.08. The first-order valence-corrected chi connectivity index (χ1v) is 8.24. The summed E-state index contributed by atoms with van der Waals surface area (Å²) in [4.78, 5) is 2.59. The summed E-state index contributed by atoms with van der Waals surface area (Å²) in [5.41, 5.74) is 2.90. The molecule has 0 saturated carbocycles. The average Bonchev–Trinajstić information content (AvgIpc) is 2.56. The number of nitrogens with one attached hydrogen (secondary N) is 1. The molecule has 1 fully saturated rings.